The van der Waals surface area contributed by atoms with E-state index in [1.165, 1.54) is 18.3 Å². The van der Waals surface area contributed by atoms with Crippen molar-refractivity contribution in [1.82, 2.24) is 9.55 Å². The molecule has 0 saturated carbocycles. The largest absolute Gasteiger partial charge is 0.341 e. The van der Waals surface area contributed by atoms with Crippen LogP contribution in [0.2, 0.25) is 0 Å². The van der Waals surface area contributed by atoms with Gasteiger partial charge in [-0.05, 0) is 25.5 Å². The fourth-order valence-corrected chi connectivity index (χ4v) is 2.55. The zero-order valence-corrected chi connectivity index (χ0v) is 11.7. The quantitative estimate of drug-likeness (QED) is 0.789. The minimum absolute atomic E-state index is 0.0995. The summed E-state index contributed by atoms with van der Waals surface area (Å²) < 4.78 is 30.9. The van der Waals surface area contributed by atoms with Gasteiger partial charge in [-0.25, -0.2) is 4.98 Å². The molecule has 0 aliphatic rings. The van der Waals surface area contributed by atoms with E-state index >= 15 is 0 Å². The Hall–Kier alpha value is -1.82. The molecule has 1 heterocycles. The van der Waals surface area contributed by atoms with Gasteiger partial charge in [-0.2, -0.15) is 8.42 Å². The highest BCUT2D eigenvalue weighted by Gasteiger charge is 2.19. The molecule has 19 heavy (non-hydrogen) atoms. The van der Waals surface area contributed by atoms with Gasteiger partial charge >= 0.3 is 16.1 Å². The fraction of sp³-hybridized carbons (Fsp3) is 0.308. The normalized spacial score (nSPS) is 11.5. The SMILES string of the molecule is CCCn1ccnc1OS(=O)(=O)c1ccc(C)cc1. The Morgan fingerprint density at radius 2 is 1.95 bits per heavy atom. The third-order valence-electron chi connectivity index (χ3n) is 2.64. The van der Waals surface area contributed by atoms with Crippen LogP contribution in [0.3, 0.4) is 0 Å². The third-order valence-corrected chi connectivity index (χ3v) is 3.85. The number of hydrogen-bond donors (Lipinski definition) is 0. The number of nitrogens with zero attached hydrogens (tertiary/aromatic N) is 2. The third kappa shape index (κ3) is 3.14. The van der Waals surface area contributed by atoms with Gasteiger partial charge in [0.1, 0.15) is 4.90 Å². The first-order valence-corrected chi connectivity index (χ1v) is 7.46. The van der Waals surface area contributed by atoms with Crippen molar-refractivity contribution < 1.29 is 12.6 Å². The van der Waals surface area contributed by atoms with Crippen LogP contribution in [0.1, 0.15) is 18.9 Å². The Bertz CT molecular complexity index is 645. The lowest BCUT2D eigenvalue weighted by molar-refractivity contribution is 0.440. The molecule has 6 heteroatoms. The van der Waals surface area contributed by atoms with E-state index in [1.807, 2.05) is 13.8 Å². The second kappa shape index (κ2) is 5.44. The molecule has 1 aromatic heterocycles. The summed E-state index contributed by atoms with van der Waals surface area (Å²) >= 11 is 0. The van der Waals surface area contributed by atoms with Crippen LogP contribution < -0.4 is 4.18 Å². The molecule has 1 aromatic carbocycles. The number of imidazole rings is 1. The van der Waals surface area contributed by atoms with E-state index in [-0.39, 0.29) is 10.9 Å². The van der Waals surface area contributed by atoms with Crippen LogP contribution in [-0.2, 0) is 16.7 Å². The molecule has 0 N–H and O–H groups in total. The lowest BCUT2D eigenvalue weighted by Crippen LogP contribution is -2.13. The van der Waals surface area contributed by atoms with E-state index in [0.29, 0.717) is 6.54 Å². The van der Waals surface area contributed by atoms with Gasteiger partial charge in [0.2, 0.25) is 0 Å². The van der Waals surface area contributed by atoms with Gasteiger partial charge in [0, 0.05) is 18.9 Å². The maximum atomic E-state index is 12.1. The Balaban J connectivity index is 2.26. The maximum absolute atomic E-state index is 12.1. The van der Waals surface area contributed by atoms with Crippen molar-refractivity contribution >= 4 is 10.1 Å². The molecular weight excluding hydrogens is 264 g/mol. The summed E-state index contributed by atoms with van der Waals surface area (Å²) in [6, 6.07) is 6.61. The number of hydrogen-bond acceptors (Lipinski definition) is 4. The van der Waals surface area contributed by atoms with Crippen LogP contribution in [0.5, 0.6) is 6.01 Å². The molecule has 0 saturated heterocycles. The lowest BCUT2D eigenvalue weighted by atomic mass is 10.2. The van der Waals surface area contributed by atoms with Gasteiger partial charge in [-0.15, -0.1) is 0 Å². The van der Waals surface area contributed by atoms with Crippen molar-refractivity contribution in [2.24, 2.45) is 0 Å². The van der Waals surface area contributed by atoms with Crippen molar-refractivity contribution in [3.63, 3.8) is 0 Å². The zero-order valence-electron chi connectivity index (χ0n) is 10.9. The van der Waals surface area contributed by atoms with Crippen LogP contribution in [0.25, 0.3) is 0 Å². The average molecular weight is 280 g/mol. The fourth-order valence-electron chi connectivity index (χ4n) is 1.65. The van der Waals surface area contributed by atoms with Crippen molar-refractivity contribution in [1.29, 1.82) is 0 Å². The summed E-state index contributed by atoms with van der Waals surface area (Å²) in [7, 11) is -3.82. The molecule has 2 rings (SSSR count). The van der Waals surface area contributed by atoms with E-state index in [9.17, 15) is 8.42 Å². The molecule has 0 unspecified atom stereocenters. The molecule has 0 aliphatic carbocycles. The van der Waals surface area contributed by atoms with Crippen LogP contribution >= 0.6 is 0 Å². The standard InChI is InChI=1S/C13H16N2O3S/c1-3-9-15-10-8-14-13(15)18-19(16,17)12-6-4-11(2)5-7-12/h4-8,10H,3,9H2,1-2H3. The van der Waals surface area contributed by atoms with E-state index in [2.05, 4.69) is 4.98 Å². The molecule has 2 aromatic rings. The summed E-state index contributed by atoms with van der Waals surface area (Å²) in [5, 5.41) is 0. The van der Waals surface area contributed by atoms with Crippen molar-refractivity contribution in [3.05, 3.63) is 42.2 Å². The smallest absolute Gasteiger partial charge is 0.341 e. The molecule has 0 fully saturated rings. The maximum Gasteiger partial charge on any atom is 0.341 e. The first kappa shape index (κ1) is 13.6. The number of aromatic nitrogens is 2. The van der Waals surface area contributed by atoms with Gasteiger partial charge in [0.25, 0.3) is 0 Å². The number of rotatable bonds is 5. The minimum Gasteiger partial charge on any atom is -0.341 e. The summed E-state index contributed by atoms with van der Waals surface area (Å²) in [5.41, 5.74) is 0.992. The molecular formula is C13H16N2O3S. The highest BCUT2D eigenvalue weighted by Crippen LogP contribution is 2.17. The van der Waals surface area contributed by atoms with Crippen LogP contribution in [0.4, 0.5) is 0 Å². The van der Waals surface area contributed by atoms with Crippen molar-refractivity contribution in [2.75, 3.05) is 0 Å². The molecule has 5 nitrogen and oxygen atoms in total. The predicted molar refractivity (Wildman–Crippen MR) is 71.5 cm³/mol. The number of benzene rings is 1. The summed E-state index contributed by atoms with van der Waals surface area (Å²) in [6.45, 7) is 4.56. The predicted octanol–water partition coefficient (Wildman–Crippen LogP) is 2.37. The topological polar surface area (TPSA) is 61.2 Å². The van der Waals surface area contributed by atoms with Gasteiger partial charge < -0.3 is 8.75 Å². The Labute approximate surface area is 113 Å². The molecule has 0 spiro atoms. The van der Waals surface area contributed by atoms with Gasteiger partial charge in [0.15, 0.2) is 0 Å². The highest BCUT2D eigenvalue weighted by molar-refractivity contribution is 7.87. The molecule has 0 atom stereocenters. The van der Waals surface area contributed by atoms with Gasteiger partial charge in [-0.3, -0.25) is 0 Å². The average Bonchev–Trinajstić information content (AvgIpc) is 2.77. The van der Waals surface area contributed by atoms with Gasteiger partial charge in [0.05, 0.1) is 0 Å². The van der Waals surface area contributed by atoms with Crippen molar-refractivity contribution in [2.45, 2.75) is 31.7 Å². The molecule has 0 amide bonds. The molecule has 102 valence electrons. The molecule has 0 radical (unpaired) electrons. The monoisotopic (exact) mass is 280 g/mol. The molecule has 0 aliphatic heterocycles. The summed E-state index contributed by atoms with van der Waals surface area (Å²) in [6.07, 6.45) is 4.09. The van der Waals surface area contributed by atoms with Crippen LogP contribution in [-0.4, -0.2) is 18.0 Å². The van der Waals surface area contributed by atoms with Crippen molar-refractivity contribution in [3.8, 4) is 6.01 Å². The second-order valence-corrected chi connectivity index (χ2v) is 5.80. The second-order valence-electron chi connectivity index (χ2n) is 4.25. The Morgan fingerprint density at radius 3 is 2.58 bits per heavy atom. The Kier molecular flexibility index (Phi) is 3.90. The first-order valence-electron chi connectivity index (χ1n) is 6.05. The zero-order chi connectivity index (χ0) is 13.9. The van der Waals surface area contributed by atoms with E-state index in [4.69, 9.17) is 4.18 Å². The van der Waals surface area contributed by atoms with Crippen LogP contribution in [0.15, 0.2) is 41.6 Å². The minimum atomic E-state index is -3.82. The Morgan fingerprint density at radius 1 is 1.26 bits per heavy atom. The van der Waals surface area contributed by atoms with E-state index < -0.39 is 10.1 Å². The highest BCUT2D eigenvalue weighted by atomic mass is 32.2. The summed E-state index contributed by atoms with van der Waals surface area (Å²) in [4.78, 5) is 4.05. The summed E-state index contributed by atoms with van der Waals surface area (Å²) in [5.74, 6) is 0. The van der Waals surface area contributed by atoms with E-state index in [0.717, 1.165) is 12.0 Å². The number of aryl methyl sites for hydroxylation is 2. The first-order chi connectivity index (χ1) is 9.03. The van der Waals surface area contributed by atoms with Crippen LogP contribution in [0, 0.1) is 6.92 Å². The molecule has 0 bridgehead atoms. The van der Waals surface area contributed by atoms with E-state index in [1.54, 1.807) is 22.9 Å². The van der Waals surface area contributed by atoms with Gasteiger partial charge in [-0.1, -0.05) is 24.6 Å². The lowest BCUT2D eigenvalue weighted by Gasteiger charge is -2.08.